The lowest BCUT2D eigenvalue weighted by molar-refractivity contribution is 0.145. The van der Waals surface area contributed by atoms with Gasteiger partial charge in [-0.3, -0.25) is 4.84 Å². The van der Waals surface area contributed by atoms with E-state index in [1.54, 1.807) is 11.0 Å². The van der Waals surface area contributed by atoms with Crippen molar-refractivity contribution in [3.8, 4) is 11.5 Å². The molecule has 14 heavy (non-hydrogen) atoms. The van der Waals surface area contributed by atoms with Crippen LogP contribution in [0, 0.1) is 0 Å². The van der Waals surface area contributed by atoms with Gasteiger partial charge in [-0.15, -0.1) is 0 Å². The Bertz CT molecular complexity index is 402. The molecule has 0 radical (unpaired) electrons. The normalized spacial score (nSPS) is 11.2. The van der Waals surface area contributed by atoms with Crippen molar-refractivity contribution in [1.82, 2.24) is 4.89 Å². The summed E-state index contributed by atoms with van der Waals surface area (Å²) in [5.74, 6) is -0.439. The van der Waals surface area contributed by atoms with Crippen LogP contribution in [0.25, 0.3) is 0 Å². The molecule has 0 saturated carbocycles. The van der Waals surface area contributed by atoms with E-state index in [-0.39, 0.29) is 11.5 Å². The van der Waals surface area contributed by atoms with Crippen LogP contribution in [-0.2, 0) is 15.1 Å². The average Bonchev–Trinajstić information content (AvgIpc) is 2.08. The number of hydrogen-bond donors (Lipinski definition) is 2. The first-order valence-electron chi connectivity index (χ1n) is 3.57. The van der Waals surface area contributed by atoms with Crippen molar-refractivity contribution >= 4 is 10.3 Å². The Morgan fingerprint density at radius 3 is 2.57 bits per heavy atom. The van der Waals surface area contributed by atoms with Gasteiger partial charge in [0, 0.05) is 0 Å². The van der Waals surface area contributed by atoms with E-state index < -0.39 is 10.3 Å². The molecule has 0 saturated heterocycles. The summed E-state index contributed by atoms with van der Waals surface area (Å²) >= 11 is 0. The molecule has 2 N–H and O–H groups in total. The molecule has 1 rings (SSSR count). The van der Waals surface area contributed by atoms with Gasteiger partial charge in [0.2, 0.25) is 0 Å². The van der Waals surface area contributed by atoms with Gasteiger partial charge in [0.1, 0.15) is 0 Å². The van der Waals surface area contributed by atoms with Crippen LogP contribution in [-0.4, -0.2) is 20.6 Å². The van der Waals surface area contributed by atoms with Crippen LogP contribution < -0.4 is 9.07 Å². The van der Waals surface area contributed by atoms with Gasteiger partial charge in [0.15, 0.2) is 11.5 Å². The van der Waals surface area contributed by atoms with Crippen molar-refractivity contribution in [1.29, 1.82) is 0 Å². The molecule has 0 fully saturated rings. The van der Waals surface area contributed by atoms with Gasteiger partial charge < -0.3 is 9.29 Å². The third-order valence-electron chi connectivity index (χ3n) is 1.25. The third kappa shape index (κ3) is 2.87. The van der Waals surface area contributed by atoms with E-state index in [9.17, 15) is 13.5 Å². The Morgan fingerprint density at radius 2 is 2.00 bits per heavy atom. The molecule has 78 valence electrons. The van der Waals surface area contributed by atoms with E-state index in [1.807, 2.05) is 0 Å². The van der Waals surface area contributed by atoms with Crippen LogP contribution in [0.3, 0.4) is 0 Å². The Hall–Kier alpha value is -1.31. The number of aromatic hydroxyl groups is 1. The highest BCUT2D eigenvalue weighted by molar-refractivity contribution is 7.84. The van der Waals surface area contributed by atoms with Gasteiger partial charge in [0.25, 0.3) is 0 Å². The monoisotopic (exact) mass is 219 g/mol. The van der Waals surface area contributed by atoms with Gasteiger partial charge in [-0.1, -0.05) is 17.0 Å². The lowest BCUT2D eigenvalue weighted by Crippen LogP contribution is -2.27. The number of phenols is 1. The van der Waals surface area contributed by atoms with Crippen molar-refractivity contribution in [3.63, 3.8) is 0 Å². The van der Waals surface area contributed by atoms with Gasteiger partial charge in [-0.2, -0.15) is 8.42 Å². The third-order valence-corrected chi connectivity index (χ3v) is 2.02. The first-order valence-corrected chi connectivity index (χ1v) is 4.98. The van der Waals surface area contributed by atoms with Gasteiger partial charge in [0.05, 0.1) is 7.11 Å². The zero-order valence-electron chi connectivity index (χ0n) is 7.30. The second-order valence-corrected chi connectivity index (χ2v) is 3.53. The van der Waals surface area contributed by atoms with E-state index in [0.29, 0.717) is 0 Å². The smallest absolute Gasteiger partial charge is 0.405 e. The minimum Gasteiger partial charge on any atom is -0.504 e. The number of rotatable bonds is 4. The maximum absolute atomic E-state index is 11.0. The second kappa shape index (κ2) is 4.27. The first kappa shape index (κ1) is 10.8. The molecule has 0 atom stereocenters. The summed E-state index contributed by atoms with van der Waals surface area (Å²) in [7, 11) is -2.91. The summed E-state index contributed by atoms with van der Waals surface area (Å²) in [4.78, 5) is 5.81. The molecular formula is C7H9NO5S. The van der Waals surface area contributed by atoms with Gasteiger partial charge >= 0.3 is 10.3 Å². The Kier molecular flexibility index (Phi) is 3.28. The summed E-state index contributed by atoms with van der Waals surface area (Å²) in [6.07, 6.45) is 0. The summed E-state index contributed by atoms with van der Waals surface area (Å²) in [6, 6.07) is 5.68. The minimum absolute atomic E-state index is 0.169. The summed E-state index contributed by atoms with van der Waals surface area (Å²) in [5.41, 5.74) is 0. The molecule has 0 bridgehead atoms. The molecule has 0 aliphatic rings. The molecule has 0 aliphatic carbocycles. The second-order valence-electron chi connectivity index (χ2n) is 2.29. The van der Waals surface area contributed by atoms with Gasteiger partial charge in [-0.25, -0.2) is 0 Å². The zero-order chi connectivity index (χ0) is 10.6. The highest BCUT2D eigenvalue weighted by Crippen LogP contribution is 2.25. The molecule has 0 aliphatic heterocycles. The number of para-hydroxylation sites is 2. The van der Waals surface area contributed by atoms with Crippen molar-refractivity contribution in [2.24, 2.45) is 0 Å². The van der Waals surface area contributed by atoms with E-state index >= 15 is 0 Å². The van der Waals surface area contributed by atoms with Crippen molar-refractivity contribution in [2.75, 3.05) is 7.11 Å². The van der Waals surface area contributed by atoms with Crippen LogP contribution in [0.5, 0.6) is 11.5 Å². The lowest BCUT2D eigenvalue weighted by Gasteiger charge is -2.06. The highest BCUT2D eigenvalue weighted by Gasteiger charge is 2.13. The molecule has 1 aromatic rings. The number of phenolic OH excluding ortho intramolecular Hbond substituents is 1. The van der Waals surface area contributed by atoms with Crippen molar-refractivity contribution in [2.45, 2.75) is 0 Å². The summed E-state index contributed by atoms with van der Waals surface area (Å²) in [5, 5.41) is 9.18. The van der Waals surface area contributed by atoms with Crippen molar-refractivity contribution < 1.29 is 22.5 Å². The van der Waals surface area contributed by atoms with Crippen LogP contribution in [0.4, 0.5) is 0 Å². The fourth-order valence-corrected chi connectivity index (χ4v) is 1.38. The highest BCUT2D eigenvalue weighted by atomic mass is 32.2. The Labute approximate surface area is 81.3 Å². The maximum Gasteiger partial charge on any atom is 0.405 e. The topological polar surface area (TPSA) is 84.9 Å². The number of nitrogens with one attached hydrogen (secondary N) is 1. The molecular weight excluding hydrogens is 210 g/mol. The molecule has 0 unspecified atom stereocenters. The predicted octanol–water partition coefficient (Wildman–Crippen LogP) is 0.167. The van der Waals surface area contributed by atoms with Gasteiger partial charge in [-0.05, 0) is 12.1 Å². The molecule has 6 nitrogen and oxygen atoms in total. The fraction of sp³-hybridized carbons (Fsp3) is 0.143. The summed E-state index contributed by atoms with van der Waals surface area (Å²) in [6.45, 7) is 0. The van der Waals surface area contributed by atoms with Crippen LogP contribution in [0.15, 0.2) is 24.3 Å². The molecule has 7 heteroatoms. The Balaban J connectivity index is 2.84. The quantitative estimate of drug-likeness (QED) is 0.705. The minimum atomic E-state index is -4.04. The largest absolute Gasteiger partial charge is 0.504 e. The lowest BCUT2D eigenvalue weighted by atomic mass is 10.3. The zero-order valence-corrected chi connectivity index (χ0v) is 8.11. The van der Waals surface area contributed by atoms with Crippen LogP contribution in [0.2, 0.25) is 0 Å². The van der Waals surface area contributed by atoms with E-state index in [4.69, 9.17) is 0 Å². The molecule has 0 spiro atoms. The van der Waals surface area contributed by atoms with E-state index in [0.717, 1.165) is 7.11 Å². The molecule has 0 aromatic heterocycles. The average molecular weight is 219 g/mol. The van der Waals surface area contributed by atoms with Crippen LogP contribution in [0.1, 0.15) is 0 Å². The molecule has 0 amide bonds. The number of benzene rings is 1. The van der Waals surface area contributed by atoms with Crippen LogP contribution >= 0.6 is 0 Å². The first-order chi connectivity index (χ1) is 6.55. The number of hydrogen-bond acceptors (Lipinski definition) is 5. The Morgan fingerprint density at radius 1 is 1.36 bits per heavy atom. The molecule has 1 aromatic carbocycles. The van der Waals surface area contributed by atoms with E-state index in [2.05, 4.69) is 9.02 Å². The SMILES string of the molecule is CONS(=O)(=O)Oc1ccccc1O. The molecule has 0 heterocycles. The summed E-state index contributed by atoms with van der Waals surface area (Å²) < 4.78 is 26.4. The van der Waals surface area contributed by atoms with Crippen molar-refractivity contribution in [3.05, 3.63) is 24.3 Å². The maximum atomic E-state index is 11.0. The van der Waals surface area contributed by atoms with E-state index in [1.165, 1.54) is 18.2 Å². The standard InChI is InChI=1S/C7H9NO5S/c1-12-8-14(10,11)13-7-5-3-2-4-6(7)9/h2-5,8-9H,1H3. The predicted molar refractivity (Wildman–Crippen MR) is 47.8 cm³/mol. The fourth-order valence-electron chi connectivity index (χ4n) is 0.765.